The fourth-order valence-corrected chi connectivity index (χ4v) is 2.11. The summed E-state index contributed by atoms with van der Waals surface area (Å²) >= 11 is 9.17. The van der Waals surface area contributed by atoms with Crippen LogP contribution in [0, 0.1) is 5.82 Å². The maximum absolute atomic E-state index is 13.5. The number of carbonyl (C=O) groups excluding carboxylic acids is 1. The van der Waals surface area contributed by atoms with E-state index in [0.717, 1.165) is 4.47 Å². The predicted octanol–water partition coefficient (Wildman–Crippen LogP) is 4.89. The lowest BCUT2D eigenvalue weighted by Crippen LogP contribution is -2.08. The van der Waals surface area contributed by atoms with Crippen LogP contribution in [0.1, 0.15) is 5.56 Å². The van der Waals surface area contributed by atoms with Crippen molar-refractivity contribution in [3.63, 3.8) is 0 Å². The Labute approximate surface area is 129 Å². The summed E-state index contributed by atoms with van der Waals surface area (Å²) in [7, 11) is 0. The molecule has 0 atom stereocenters. The van der Waals surface area contributed by atoms with Crippen LogP contribution >= 0.6 is 27.5 Å². The number of halogens is 3. The van der Waals surface area contributed by atoms with Gasteiger partial charge in [-0.1, -0.05) is 39.7 Å². The Kier molecular flexibility index (Phi) is 4.93. The first-order valence-electron chi connectivity index (χ1n) is 5.75. The van der Waals surface area contributed by atoms with Gasteiger partial charge in [0.25, 0.3) is 0 Å². The van der Waals surface area contributed by atoms with Crippen LogP contribution in [-0.4, -0.2) is 5.91 Å². The van der Waals surface area contributed by atoms with Gasteiger partial charge in [0.15, 0.2) is 0 Å². The van der Waals surface area contributed by atoms with Crippen LogP contribution in [0.25, 0.3) is 6.08 Å². The molecule has 2 nitrogen and oxygen atoms in total. The van der Waals surface area contributed by atoms with E-state index < -0.39 is 5.82 Å². The maximum atomic E-state index is 13.5. The number of rotatable bonds is 3. The van der Waals surface area contributed by atoms with E-state index in [4.69, 9.17) is 11.6 Å². The lowest BCUT2D eigenvalue weighted by Gasteiger charge is -2.04. The first-order chi connectivity index (χ1) is 9.56. The molecule has 0 fully saturated rings. The predicted molar refractivity (Wildman–Crippen MR) is 83.2 cm³/mol. The SMILES string of the molecule is O=C(/C=C/c1cc(Br)ccc1F)Nc1ccccc1Cl. The Morgan fingerprint density at radius 3 is 2.75 bits per heavy atom. The number of nitrogens with one attached hydrogen (secondary N) is 1. The molecule has 2 aromatic carbocycles. The zero-order valence-electron chi connectivity index (χ0n) is 10.2. The van der Waals surface area contributed by atoms with Crippen molar-refractivity contribution >= 4 is 45.2 Å². The second kappa shape index (κ2) is 6.68. The van der Waals surface area contributed by atoms with Gasteiger partial charge in [0.2, 0.25) is 5.91 Å². The first kappa shape index (κ1) is 14.8. The lowest BCUT2D eigenvalue weighted by molar-refractivity contribution is -0.111. The van der Waals surface area contributed by atoms with Crippen molar-refractivity contribution in [1.29, 1.82) is 0 Å². The van der Waals surface area contributed by atoms with E-state index in [1.165, 1.54) is 18.2 Å². The first-order valence-corrected chi connectivity index (χ1v) is 6.92. The third-order valence-corrected chi connectivity index (χ3v) is 3.33. The molecule has 0 radical (unpaired) electrons. The molecule has 5 heteroatoms. The second-order valence-electron chi connectivity index (χ2n) is 3.97. The summed E-state index contributed by atoms with van der Waals surface area (Å²) in [6.07, 6.45) is 2.67. The standard InChI is InChI=1S/C15H10BrClFNO/c16-11-6-7-13(18)10(9-11)5-8-15(20)19-14-4-2-1-3-12(14)17/h1-9H,(H,19,20)/b8-5+. The van der Waals surface area contributed by atoms with Crippen LogP contribution in [0.4, 0.5) is 10.1 Å². The molecule has 0 aliphatic rings. The van der Waals surface area contributed by atoms with Crippen LogP contribution in [0.15, 0.2) is 53.0 Å². The van der Waals surface area contributed by atoms with Gasteiger partial charge in [-0.3, -0.25) is 4.79 Å². The summed E-state index contributed by atoms with van der Waals surface area (Å²) in [4.78, 5) is 11.7. The molecular weight excluding hydrogens is 345 g/mol. The highest BCUT2D eigenvalue weighted by atomic mass is 79.9. The van der Waals surface area contributed by atoms with Crippen LogP contribution in [-0.2, 0) is 4.79 Å². The van der Waals surface area contributed by atoms with Gasteiger partial charge < -0.3 is 5.32 Å². The molecule has 0 aliphatic heterocycles. The Bertz CT molecular complexity index is 673. The van der Waals surface area contributed by atoms with Gasteiger partial charge in [-0.05, 0) is 36.4 Å². The minimum absolute atomic E-state index is 0.327. The zero-order chi connectivity index (χ0) is 14.5. The Morgan fingerprint density at radius 1 is 1.25 bits per heavy atom. The topological polar surface area (TPSA) is 29.1 Å². The van der Waals surface area contributed by atoms with Crippen molar-refractivity contribution in [2.24, 2.45) is 0 Å². The molecule has 1 amide bonds. The summed E-state index contributed by atoms with van der Waals surface area (Å²) in [6, 6.07) is 11.4. The van der Waals surface area contributed by atoms with Crippen molar-refractivity contribution in [2.75, 3.05) is 5.32 Å². The molecule has 0 bridgehead atoms. The summed E-state index contributed by atoms with van der Waals surface area (Å²) in [6.45, 7) is 0. The molecule has 0 unspecified atom stereocenters. The van der Waals surface area contributed by atoms with Gasteiger partial charge in [-0.2, -0.15) is 0 Å². The van der Waals surface area contributed by atoms with Crippen molar-refractivity contribution in [2.45, 2.75) is 0 Å². The summed E-state index contributed by atoms with van der Waals surface area (Å²) in [5, 5.41) is 3.07. The number of hydrogen-bond donors (Lipinski definition) is 1. The third kappa shape index (κ3) is 3.92. The van der Waals surface area contributed by atoms with Crippen molar-refractivity contribution in [1.82, 2.24) is 0 Å². The van der Waals surface area contributed by atoms with Gasteiger partial charge >= 0.3 is 0 Å². The number of hydrogen-bond acceptors (Lipinski definition) is 1. The van der Waals surface area contributed by atoms with Crippen LogP contribution in [0.2, 0.25) is 5.02 Å². The van der Waals surface area contributed by atoms with Gasteiger partial charge in [0, 0.05) is 16.1 Å². The minimum Gasteiger partial charge on any atom is -0.321 e. The monoisotopic (exact) mass is 353 g/mol. The molecule has 2 rings (SSSR count). The molecular formula is C15H10BrClFNO. The number of carbonyl (C=O) groups is 1. The number of anilines is 1. The molecule has 20 heavy (non-hydrogen) atoms. The second-order valence-corrected chi connectivity index (χ2v) is 5.29. The normalized spacial score (nSPS) is 10.8. The maximum Gasteiger partial charge on any atom is 0.248 e. The Morgan fingerprint density at radius 2 is 2.00 bits per heavy atom. The van der Waals surface area contributed by atoms with E-state index in [1.807, 2.05) is 0 Å². The van der Waals surface area contributed by atoms with E-state index in [9.17, 15) is 9.18 Å². The smallest absolute Gasteiger partial charge is 0.248 e. The Balaban J connectivity index is 2.10. The average Bonchev–Trinajstić information content (AvgIpc) is 2.42. The quantitative estimate of drug-likeness (QED) is 0.781. The molecule has 0 saturated heterocycles. The number of benzene rings is 2. The molecule has 102 valence electrons. The van der Waals surface area contributed by atoms with Gasteiger partial charge in [0.05, 0.1) is 10.7 Å². The fraction of sp³-hybridized carbons (Fsp3) is 0. The molecule has 0 saturated carbocycles. The summed E-state index contributed by atoms with van der Waals surface area (Å²) in [5.74, 6) is -0.771. The largest absolute Gasteiger partial charge is 0.321 e. The van der Waals surface area contributed by atoms with Gasteiger partial charge in [-0.15, -0.1) is 0 Å². The van der Waals surface area contributed by atoms with E-state index in [-0.39, 0.29) is 5.91 Å². The van der Waals surface area contributed by atoms with Crippen molar-refractivity contribution in [3.8, 4) is 0 Å². The molecule has 0 spiro atoms. The minimum atomic E-state index is -0.394. The average molecular weight is 355 g/mol. The molecule has 2 aromatic rings. The van der Waals surface area contributed by atoms with Gasteiger partial charge in [0.1, 0.15) is 5.82 Å². The van der Waals surface area contributed by atoms with E-state index in [1.54, 1.807) is 36.4 Å². The van der Waals surface area contributed by atoms with Crippen molar-refractivity contribution < 1.29 is 9.18 Å². The highest BCUT2D eigenvalue weighted by Gasteiger charge is 2.03. The van der Waals surface area contributed by atoms with E-state index in [0.29, 0.717) is 16.3 Å². The number of amides is 1. The molecule has 0 heterocycles. The summed E-state index contributed by atoms with van der Waals surface area (Å²) < 4.78 is 14.2. The Hall–Kier alpha value is -1.65. The summed E-state index contributed by atoms with van der Waals surface area (Å²) in [5.41, 5.74) is 0.840. The van der Waals surface area contributed by atoms with E-state index >= 15 is 0 Å². The van der Waals surface area contributed by atoms with Gasteiger partial charge in [-0.25, -0.2) is 4.39 Å². The van der Waals surface area contributed by atoms with E-state index in [2.05, 4.69) is 21.2 Å². The van der Waals surface area contributed by atoms with Crippen LogP contribution in [0.3, 0.4) is 0 Å². The van der Waals surface area contributed by atoms with Crippen molar-refractivity contribution in [3.05, 3.63) is 69.4 Å². The van der Waals surface area contributed by atoms with Crippen LogP contribution in [0.5, 0.6) is 0 Å². The number of para-hydroxylation sites is 1. The third-order valence-electron chi connectivity index (χ3n) is 2.50. The fourth-order valence-electron chi connectivity index (χ4n) is 1.54. The van der Waals surface area contributed by atoms with Crippen LogP contribution < -0.4 is 5.32 Å². The highest BCUT2D eigenvalue weighted by Crippen LogP contribution is 2.20. The molecule has 0 aliphatic carbocycles. The molecule has 0 aromatic heterocycles. The molecule has 1 N–H and O–H groups in total. The lowest BCUT2D eigenvalue weighted by atomic mass is 10.2. The zero-order valence-corrected chi connectivity index (χ0v) is 12.6. The highest BCUT2D eigenvalue weighted by molar-refractivity contribution is 9.10.